The minimum Gasteiger partial charge on any atom is -0.396 e. The van der Waals surface area contributed by atoms with Crippen LogP contribution in [0.4, 0.5) is 0 Å². The third-order valence-electron chi connectivity index (χ3n) is 1.62. The van der Waals surface area contributed by atoms with Crippen LogP contribution in [-0.4, -0.2) is 24.4 Å². The maximum Gasteiger partial charge on any atom is 0.0519 e. The lowest BCUT2D eigenvalue weighted by molar-refractivity contribution is 0.0313. The van der Waals surface area contributed by atoms with Crippen molar-refractivity contribution in [2.24, 2.45) is 5.92 Å². The van der Waals surface area contributed by atoms with Crippen LogP contribution in [0.2, 0.25) is 0 Å². The second kappa shape index (κ2) is 6.62. The molecular weight excluding hydrogens is 140 g/mol. The molecule has 2 heteroatoms. The van der Waals surface area contributed by atoms with Gasteiger partial charge >= 0.3 is 0 Å². The quantitative estimate of drug-likeness (QED) is 0.642. The summed E-state index contributed by atoms with van der Waals surface area (Å²) in [4.78, 5) is 0. The monoisotopic (exact) mass is 160 g/mol. The number of aliphatic hydroxyl groups excluding tert-OH is 1. The van der Waals surface area contributed by atoms with Crippen LogP contribution in [0.5, 0.6) is 0 Å². The molecule has 0 aromatic carbocycles. The van der Waals surface area contributed by atoms with Gasteiger partial charge in [-0.2, -0.15) is 0 Å². The zero-order chi connectivity index (χ0) is 8.69. The molecule has 0 aliphatic heterocycles. The summed E-state index contributed by atoms with van der Waals surface area (Å²) in [5.41, 5.74) is 0. The van der Waals surface area contributed by atoms with Crippen molar-refractivity contribution in [2.45, 2.75) is 39.7 Å². The van der Waals surface area contributed by atoms with Gasteiger partial charge in [-0.3, -0.25) is 0 Å². The van der Waals surface area contributed by atoms with Crippen LogP contribution >= 0.6 is 0 Å². The van der Waals surface area contributed by atoms with Crippen LogP contribution in [0.25, 0.3) is 0 Å². The van der Waals surface area contributed by atoms with E-state index in [1.54, 1.807) is 0 Å². The van der Waals surface area contributed by atoms with Gasteiger partial charge in [-0.25, -0.2) is 0 Å². The van der Waals surface area contributed by atoms with Gasteiger partial charge in [0.05, 0.1) is 12.7 Å². The molecule has 0 aromatic heterocycles. The average Bonchev–Trinajstić information content (AvgIpc) is 1.97. The third-order valence-corrected chi connectivity index (χ3v) is 1.62. The molecule has 1 N–H and O–H groups in total. The average molecular weight is 160 g/mol. The second-order valence-corrected chi connectivity index (χ2v) is 3.22. The van der Waals surface area contributed by atoms with Crippen LogP contribution < -0.4 is 0 Å². The standard InChI is InChI=1S/C9H20O2/c1-4-5-9(6-10)7-11-8(2)3/h8-10H,4-7H2,1-3H3. The molecule has 1 atom stereocenters. The maximum atomic E-state index is 8.89. The summed E-state index contributed by atoms with van der Waals surface area (Å²) in [6.07, 6.45) is 2.46. The van der Waals surface area contributed by atoms with Gasteiger partial charge in [0.2, 0.25) is 0 Å². The molecule has 0 saturated heterocycles. The first-order chi connectivity index (χ1) is 5.20. The first-order valence-electron chi connectivity index (χ1n) is 4.43. The summed E-state index contributed by atoms with van der Waals surface area (Å²) in [7, 11) is 0. The van der Waals surface area contributed by atoms with E-state index in [9.17, 15) is 0 Å². The predicted octanol–water partition coefficient (Wildman–Crippen LogP) is 1.82. The van der Waals surface area contributed by atoms with Crippen LogP contribution in [0.15, 0.2) is 0 Å². The second-order valence-electron chi connectivity index (χ2n) is 3.22. The highest BCUT2D eigenvalue weighted by atomic mass is 16.5. The van der Waals surface area contributed by atoms with E-state index in [-0.39, 0.29) is 12.7 Å². The van der Waals surface area contributed by atoms with Crippen molar-refractivity contribution in [3.63, 3.8) is 0 Å². The Morgan fingerprint density at radius 3 is 2.36 bits per heavy atom. The van der Waals surface area contributed by atoms with E-state index >= 15 is 0 Å². The SMILES string of the molecule is CCCC(CO)COC(C)C. The first-order valence-corrected chi connectivity index (χ1v) is 4.43. The fourth-order valence-corrected chi connectivity index (χ4v) is 0.964. The molecule has 0 aliphatic carbocycles. The molecule has 0 aromatic rings. The number of hydrogen-bond donors (Lipinski definition) is 1. The van der Waals surface area contributed by atoms with E-state index in [4.69, 9.17) is 9.84 Å². The van der Waals surface area contributed by atoms with Gasteiger partial charge in [-0.1, -0.05) is 13.3 Å². The molecular formula is C9H20O2. The zero-order valence-electron chi connectivity index (χ0n) is 7.84. The van der Waals surface area contributed by atoms with E-state index in [0.29, 0.717) is 12.5 Å². The van der Waals surface area contributed by atoms with Crippen molar-refractivity contribution >= 4 is 0 Å². The van der Waals surface area contributed by atoms with Crippen LogP contribution in [-0.2, 0) is 4.74 Å². The lowest BCUT2D eigenvalue weighted by Gasteiger charge is -2.15. The Labute approximate surface area is 69.6 Å². The van der Waals surface area contributed by atoms with Gasteiger partial charge < -0.3 is 9.84 Å². The summed E-state index contributed by atoms with van der Waals surface area (Å²) >= 11 is 0. The van der Waals surface area contributed by atoms with E-state index in [0.717, 1.165) is 12.8 Å². The number of rotatable bonds is 6. The van der Waals surface area contributed by atoms with Crippen molar-refractivity contribution in [1.29, 1.82) is 0 Å². The molecule has 0 rings (SSSR count). The fourth-order valence-electron chi connectivity index (χ4n) is 0.964. The van der Waals surface area contributed by atoms with Gasteiger partial charge in [0, 0.05) is 12.5 Å². The summed E-state index contributed by atoms with van der Waals surface area (Å²) in [5, 5.41) is 8.89. The normalized spacial score (nSPS) is 13.9. The Balaban J connectivity index is 3.35. The van der Waals surface area contributed by atoms with Crippen molar-refractivity contribution in [2.75, 3.05) is 13.2 Å². The molecule has 68 valence electrons. The summed E-state index contributed by atoms with van der Waals surface area (Å²) in [5.74, 6) is 0.336. The minimum absolute atomic E-state index is 0.251. The Morgan fingerprint density at radius 1 is 1.36 bits per heavy atom. The summed E-state index contributed by atoms with van der Waals surface area (Å²) in [6.45, 7) is 7.10. The van der Waals surface area contributed by atoms with E-state index in [2.05, 4.69) is 6.92 Å². The first kappa shape index (κ1) is 10.9. The fraction of sp³-hybridized carbons (Fsp3) is 1.00. The number of hydrogen-bond acceptors (Lipinski definition) is 2. The highest BCUT2D eigenvalue weighted by Gasteiger charge is 2.06. The molecule has 0 fully saturated rings. The van der Waals surface area contributed by atoms with Gasteiger partial charge in [-0.15, -0.1) is 0 Å². The Kier molecular flexibility index (Phi) is 6.57. The molecule has 1 unspecified atom stereocenters. The Bertz CT molecular complexity index is 81.6. The minimum atomic E-state index is 0.251. The molecule has 0 amide bonds. The highest BCUT2D eigenvalue weighted by Crippen LogP contribution is 2.06. The van der Waals surface area contributed by atoms with Gasteiger partial charge in [0.1, 0.15) is 0 Å². The lowest BCUT2D eigenvalue weighted by Crippen LogP contribution is -2.16. The third kappa shape index (κ3) is 6.32. The van der Waals surface area contributed by atoms with Crippen LogP contribution in [0.3, 0.4) is 0 Å². The lowest BCUT2D eigenvalue weighted by atomic mass is 10.1. The summed E-state index contributed by atoms with van der Waals surface area (Å²) < 4.78 is 5.39. The van der Waals surface area contributed by atoms with Crippen molar-refractivity contribution in [3.05, 3.63) is 0 Å². The van der Waals surface area contributed by atoms with Gasteiger partial charge in [0.15, 0.2) is 0 Å². The van der Waals surface area contributed by atoms with Crippen LogP contribution in [0.1, 0.15) is 33.6 Å². The molecule has 0 heterocycles. The molecule has 0 spiro atoms. The Hall–Kier alpha value is -0.0800. The maximum absolute atomic E-state index is 8.89. The predicted molar refractivity (Wildman–Crippen MR) is 46.6 cm³/mol. The molecule has 0 aliphatic rings. The van der Waals surface area contributed by atoms with Gasteiger partial charge in [0.25, 0.3) is 0 Å². The smallest absolute Gasteiger partial charge is 0.0519 e. The zero-order valence-corrected chi connectivity index (χ0v) is 7.84. The highest BCUT2D eigenvalue weighted by molar-refractivity contribution is 4.55. The van der Waals surface area contributed by atoms with Crippen molar-refractivity contribution < 1.29 is 9.84 Å². The number of ether oxygens (including phenoxy) is 1. The number of aliphatic hydroxyl groups is 1. The van der Waals surface area contributed by atoms with E-state index < -0.39 is 0 Å². The topological polar surface area (TPSA) is 29.5 Å². The van der Waals surface area contributed by atoms with Crippen molar-refractivity contribution in [3.8, 4) is 0 Å². The van der Waals surface area contributed by atoms with Crippen molar-refractivity contribution in [1.82, 2.24) is 0 Å². The largest absolute Gasteiger partial charge is 0.396 e. The van der Waals surface area contributed by atoms with Gasteiger partial charge in [-0.05, 0) is 20.3 Å². The van der Waals surface area contributed by atoms with E-state index in [1.165, 1.54) is 0 Å². The van der Waals surface area contributed by atoms with Crippen LogP contribution in [0, 0.1) is 5.92 Å². The molecule has 0 radical (unpaired) electrons. The molecule has 0 bridgehead atoms. The summed E-state index contributed by atoms with van der Waals surface area (Å²) in [6, 6.07) is 0. The molecule has 2 nitrogen and oxygen atoms in total. The van der Waals surface area contributed by atoms with E-state index in [1.807, 2.05) is 13.8 Å². The Morgan fingerprint density at radius 2 is 2.00 bits per heavy atom. The molecule has 11 heavy (non-hydrogen) atoms. The molecule has 0 saturated carbocycles.